The minimum atomic E-state index is -0.744. The Morgan fingerprint density at radius 3 is 1.34 bits per heavy atom. The van der Waals surface area contributed by atoms with Crippen LogP contribution in [0.25, 0.3) is 0 Å². The summed E-state index contributed by atoms with van der Waals surface area (Å²) in [6.45, 7) is 10.5. The van der Waals surface area contributed by atoms with Gasteiger partial charge in [-0.3, -0.25) is 4.79 Å². The van der Waals surface area contributed by atoms with E-state index in [2.05, 4.69) is 17.2 Å². The van der Waals surface area contributed by atoms with Gasteiger partial charge in [0.2, 0.25) is 0 Å². The molecule has 0 amide bonds. The van der Waals surface area contributed by atoms with E-state index in [0.29, 0.717) is 105 Å². The Bertz CT molecular complexity index is 831. The highest BCUT2D eigenvalue weighted by atomic mass is 16.6. The van der Waals surface area contributed by atoms with Crippen molar-refractivity contribution in [1.82, 2.24) is 15.0 Å². The van der Waals surface area contributed by atoms with Crippen LogP contribution in [0.1, 0.15) is 128 Å². The lowest BCUT2D eigenvalue weighted by Crippen LogP contribution is -2.15. The summed E-state index contributed by atoms with van der Waals surface area (Å²) in [7, 11) is 0. The van der Waals surface area contributed by atoms with Gasteiger partial charge in [-0.2, -0.15) is 0 Å². The van der Waals surface area contributed by atoms with Gasteiger partial charge in [-0.25, -0.2) is 4.68 Å². The summed E-state index contributed by atoms with van der Waals surface area (Å²) < 4.78 is 40.5. The molecule has 50 heavy (non-hydrogen) atoms. The van der Waals surface area contributed by atoms with E-state index in [-0.39, 0.29) is 6.42 Å². The average molecular weight is 716 g/mol. The molecular formula is C38H73N3O9. The molecule has 1 N–H and O–H groups in total. The van der Waals surface area contributed by atoms with Crippen LogP contribution in [0.2, 0.25) is 0 Å². The van der Waals surface area contributed by atoms with E-state index in [4.69, 9.17) is 38.3 Å². The highest BCUT2D eigenvalue weighted by Crippen LogP contribution is 2.13. The molecule has 1 rings (SSSR count). The minimum absolute atomic E-state index is 0.225. The number of unbranched alkanes of at least 4 members (excludes halogenated alkanes) is 15. The normalized spacial score (nSPS) is 11.5. The summed E-state index contributed by atoms with van der Waals surface area (Å²) in [4.78, 5) is 10.4. The van der Waals surface area contributed by atoms with Crippen molar-refractivity contribution in [1.29, 1.82) is 0 Å². The number of carbonyl (C=O) groups is 1. The fraction of sp³-hybridized carbons (Fsp3) is 0.921. The van der Waals surface area contributed by atoms with Crippen molar-refractivity contribution >= 4 is 5.97 Å². The summed E-state index contributed by atoms with van der Waals surface area (Å²) >= 11 is 0. The summed E-state index contributed by atoms with van der Waals surface area (Å²) in [6, 6.07) is 0. The topological polar surface area (TPSA) is 133 Å². The Morgan fingerprint density at radius 1 is 0.520 bits per heavy atom. The number of aliphatic carboxylic acids is 1. The van der Waals surface area contributed by atoms with Gasteiger partial charge >= 0.3 is 5.97 Å². The van der Waals surface area contributed by atoms with Gasteiger partial charge in [-0.05, 0) is 25.7 Å². The predicted molar refractivity (Wildman–Crippen MR) is 196 cm³/mol. The fourth-order valence-electron chi connectivity index (χ4n) is 5.30. The summed E-state index contributed by atoms with van der Waals surface area (Å²) in [5.41, 5.74) is 1.08. The molecule has 1 aromatic rings. The Kier molecular flexibility index (Phi) is 35.7. The molecule has 0 fully saturated rings. The van der Waals surface area contributed by atoms with Gasteiger partial charge in [-0.1, -0.05) is 102 Å². The van der Waals surface area contributed by atoms with Crippen molar-refractivity contribution in [2.45, 2.75) is 135 Å². The molecule has 1 aromatic heterocycles. The summed E-state index contributed by atoms with van der Waals surface area (Å²) in [6.07, 6.45) is 25.0. The molecule has 0 saturated heterocycles. The quantitative estimate of drug-likeness (QED) is 0.0698. The lowest BCUT2D eigenvalue weighted by Gasteiger charge is -2.08. The van der Waals surface area contributed by atoms with E-state index < -0.39 is 5.97 Å². The first-order valence-electron chi connectivity index (χ1n) is 19.9. The van der Waals surface area contributed by atoms with Crippen LogP contribution in [0.3, 0.4) is 0 Å². The van der Waals surface area contributed by atoms with Crippen molar-refractivity contribution in [2.24, 2.45) is 0 Å². The van der Waals surface area contributed by atoms with Crippen LogP contribution in [0.5, 0.6) is 0 Å². The zero-order valence-corrected chi connectivity index (χ0v) is 31.7. The lowest BCUT2D eigenvalue weighted by molar-refractivity contribution is -0.137. The number of ether oxygens (including phenoxy) is 7. The molecule has 1 heterocycles. The monoisotopic (exact) mass is 716 g/mol. The van der Waals surface area contributed by atoms with Crippen LogP contribution in [-0.4, -0.2) is 119 Å². The second-order valence-corrected chi connectivity index (χ2v) is 12.8. The largest absolute Gasteiger partial charge is 0.481 e. The van der Waals surface area contributed by atoms with Crippen LogP contribution in [-0.2, 0) is 50.9 Å². The standard InChI is InChI=1S/C38H73N3O9/c1-2-3-4-5-6-7-8-9-10-11-12-13-14-16-19-37-36-41(40-39-37)21-23-45-25-27-47-29-31-49-33-35-50-34-32-48-30-28-46-26-24-44-22-18-15-17-20-38(42)43/h36H,2-35H2,1H3,(H,42,43). The Morgan fingerprint density at radius 2 is 0.900 bits per heavy atom. The van der Waals surface area contributed by atoms with Gasteiger partial charge in [-0.15, -0.1) is 5.10 Å². The number of carboxylic acids is 1. The van der Waals surface area contributed by atoms with E-state index in [1.54, 1.807) is 0 Å². The highest BCUT2D eigenvalue weighted by Gasteiger charge is 2.02. The molecule has 12 heteroatoms. The molecule has 0 unspecified atom stereocenters. The summed E-state index contributed by atoms with van der Waals surface area (Å²) in [5.74, 6) is -0.744. The Labute approximate surface area is 303 Å². The maximum Gasteiger partial charge on any atom is 0.303 e. The molecule has 0 saturated carbocycles. The Balaban J connectivity index is 1.73. The van der Waals surface area contributed by atoms with Gasteiger partial charge in [0.15, 0.2) is 0 Å². The molecular weight excluding hydrogens is 642 g/mol. The van der Waals surface area contributed by atoms with Crippen LogP contribution in [0.4, 0.5) is 0 Å². The van der Waals surface area contributed by atoms with Gasteiger partial charge in [0.25, 0.3) is 0 Å². The second-order valence-electron chi connectivity index (χ2n) is 12.8. The minimum Gasteiger partial charge on any atom is -0.481 e. The SMILES string of the molecule is CCCCCCCCCCCCCCCCc1cn(CCOCCOCCOCCOCCOCCOCCOCCCCCC(=O)O)nn1. The second kappa shape index (κ2) is 38.6. The fourth-order valence-corrected chi connectivity index (χ4v) is 5.30. The molecule has 0 aliphatic rings. The van der Waals surface area contributed by atoms with E-state index in [1.165, 1.54) is 89.9 Å². The van der Waals surface area contributed by atoms with Crippen molar-refractivity contribution in [3.05, 3.63) is 11.9 Å². The molecule has 0 atom stereocenters. The van der Waals surface area contributed by atoms with Crippen molar-refractivity contribution in [3.63, 3.8) is 0 Å². The molecule has 0 spiro atoms. The van der Waals surface area contributed by atoms with E-state index in [0.717, 1.165) is 25.0 Å². The van der Waals surface area contributed by atoms with Crippen molar-refractivity contribution < 1.29 is 43.1 Å². The lowest BCUT2D eigenvalue weighted by atomic mass is 10.0. The van der Waals surface area contributed by atoms with E-state index in [1.807, 2.05) is 10.9 Å². The van der Waals surface area contributed by atoms with Crippen LogP contribution >= 0.6 is 0 Å². The van der Waals surface area contributed by atoms with Gasteiger partial charge in [0, 0.05) is 19.2 Å². The number of hydrogen-bond acceptors (Lipinski definition) is 10. The average Bonchev–Trinajstić information content (AvgIpc) is 3.57. The number of aromatic nitrogens is 3. The van der Waals surface area contributed by atoms with Crippen molar-refractivity contribution in [2.75, 3.05) is 92.5 Å². The van der Waals surface area contributed by atoms with Gasteiger partial charge in [0.05, 0.1) is 98.1 Å². The van der Waals surface area contributed by atoms with Gasteiger partial charge < -0.3 is 38.3 Å². The molecule has 0 bridgehead atoms. The third-order valence-electron chi connectivity index (χ3n) is 8.25. The highest BCUT2D eigenvalue weighted by molar-refractivity contribution is 5.66. The molecule has 0 radical (unpaired) electrons. The van der Waals surface area contributed by atoms with Crippen LogP contribution in [0.15, 0.2) is 6.20 Å². The smallest absolute Gasteiger partial charge is 0.303 e. The van der Waals surface area contributed by atoms with Crippen LogP contribution < -0.4 is 0 Å². The maximum atomic E-state index is 10.4. The third kappa shape index (κ3) is 34.8. The van der Waals surface area contributed by atoms with Crippen LogP contribution in [0, 0.1) is 0 Å². The number of aryl methyl sites for hydroxylation is 1. The molecule has 0 aliphatic carbocycles. The first-order chi connectivity index (χ1) is 24.7. The van der Waals surface area contributed by atoms with E-state index >= 15 is 0 Å². The molecule has 12 nitrogen and oxygen atoms in total. The Hall–Kier alpha value is -1.67. The van der Waals surface area contributed by atoms with E-state index in [9.17, 15) is 4.79 Å². The number of rotatable bonds is 42. The first-order valence-corrected chi connectivity index (χ1v) is 19.9. The predicted octanol–water partition coefficient (Wildman–Crippen LogP) is 7.06. The van der Waals surface area contributed by atoms with Gasteiger partial charge in [0.1, 0.15) is 0 Å². The number of hydrogen-bond donors (Lipinski definition) is 1. The number of carboxylic acid groups (broad SMARTS) is 1. The third-order valence-corrected chi connectivity index (χ3v) is 8.25. The zero-order chi connectivity index (χ0) is 35.8. The zero-order valence-electron chi connectivity index (χ0n) is 31.7. The molecule has 294 valence electrons. The number of nitrogens with zero attached hydrogens (tertiary/aromatic N) is 3. The molecule has 0 aromatic carbocycles. The maximum absolute atomic E-state index is 10.4. The summed E-state index contributed by atoms with van der Waals surface area (Å²) in [5, 5.41) is 17.1. The van der Waals surface area contributed by atoms with Crippen molar-refractivity contribution in [3.8, 4) is 0 Å². The molecule has 0 aliphatic heterocycles. The first kappa shape index (κ1) is 46.4.